The Labute approximate surface area is 66.4 Å². The van der Waals surface area contributed by atoms with E-state index >= 15 is 0 Å². The van der Waals surface area contributed by atoms with Crippen LogP contribution in [0.4, 0.5) is 0 Å². The van der Waals surface area contributed by atoms with E-state index in [9.17, 15) is 4.57 Å². The summed E-state index contributed by atoms with van der Waals surface area (Å²) in [7, 11) is -4.26. The molecule has 0 bridgehead atoms. The smallest absolute Gasteiger partial charge is 0.353 e. The van der Waals surface area contributed by atoms with Crippen molar-refractivity contribution >= 4 is 7.60 Å². The molecule has 0 aromatic carbocycles. The molecule has 11 heavy (non-hydrogen) atoms. The number of aliphatic hydroxyl groups excluding tert-OH is 1. The van der Waals surface area contributed by atoms with Crippen LogP contribution in [-0.2, 0) is 4.57 Å². The first-order chi connectivity index (χ1) is 4.84. The molecule has 0 aromatic rings. The molecule has 0 aliphatic carbocycles. The molecule has 0 saturated carbocycles. The number of hydrogen-bond acceptors (Lipinski definition) is 2. The standard InChI is InChI=1S/C6H15O4P/c1-5(2)3-4-6(7)11(8,9)10/h5-7H,3-4H2,1-2H3,(H2,8,9,10)/t6-/m0/s1. The molecule has 3 N–H and O–H groups in total. The van der Waals surface area contributed by atoms with E-state index in [0.29, 0.717) is 12.3 Å². The maximum Gasteiger partial charge on any atom is 0.353 e. The van der Waals surface area contributed by atoms with Gasteiger partial charge in [0.25, 0.3) is 0 Å². The summed E-state index contributed by atoms with van der Waals surface area (Å²) in [6.45, 7) is 3.87. The van der Waals surface area contributed by atoms with Crippen molar-refractivity contribution in [1.29, 1.82) is 0 Å². The van der Waals surface area contributed by atoms with Crippen molar-refractivity contribution < 1.29 is 19.5 Å². The summed E-state index contributed by atoms with van der Waals surface area (Å²) in [4.78, 5) is 16.9. The lowest BCUT2D eigenvalue weighted by atomic mass is 10.1. The average molecular weight is 182 g/mol. The zero-order valence-electron chi connectivity index (χ0n) is 6.77. The van der Waals surface area contributed by atoms with Crippen LogP contribution in [0.5, 0.6) is 0 Å². The molecule has 0 heterocycles. The fourth-order valence-electron chi connectivity index (χ4n) is 0.651. The van der Waals surface area contributed by atoms with Crippen molar-refractivity contribution in [2.24, 2.45) is 5.92 Å². The molecule has 0 amide bonds. The minimum absolute atomic E-state index is 0.169. The maximum atomic E-state index is 10.4. The van der Waals surface area contributed by atoms with Gasteiger partial charge in [0.1, 0.15) is 0 Å². The molecule has 0 radical (unpaired) electrons. The van der Waals surface area contributed by atoms with Gasteiger partial charge in [-0.1, -0.05) is 13.8 Å². The predicted octanol–water partition coefficient (Wildman–Crippen LogP) is 0.919. The fourth-order valence-corrected chi connectivity index (χ4v) is 1.14. The zero-order chi connectivity index (χ0) is 9.07. The van der Waals surface area contributed by atoms with Gasteiger partial charge in [0.05, 0.1) is 0 Å². The molecule has 0 rings (SSSR count). The van der Waals surface area contributed by atoms with Gasteiger partial charge in [0.2, 0.25) is 0 Å². The predicted molar refractivity (Wildman–Crippen MR) is 42.1 cm³/mol. The Morgan fingerprint density at radius 1 is 1.27 bits per heavy atom. The Balaban J connectivity index is 3.71. The van der Waals surface area contributed by atoms with Crippen LogP contribution in [0.15, 0.2) is 0 Å². The third-order valence-electron chi connectivity index (χ3n) is 1.39. The van der Waals surface area contributed by atoms with Gasteiger partial charge >= 0.3 is 7.60 Å². The topological polar surface area (TPSA) is 77.8 Å². The lowest BCUT2D eigenvalue weighted by Gasteiger charge is -2.12. The number of aliphatic hydroxyl groups is 1. The first-order valence-corrected chi connectivity index (χ1v) is 5.25. The fraction of sp³-hybridized carbons (Fsp3) is 1.00. The van der Waals surface area contributed by atoms with E-state index in [1.165, 1.54) is 0 Å². The molecule has 68 valence electrons. The van der Waals surface area contributed by atoms with Gasteiger partial charge in [-0.2, -0.15) is 0 Å². The van der Waals surface area contributed by atoms with Gasteiger partial charge < -0.3 is 14.9 Å². The summed E-state index contributed by atoms with van der Waals surface area (Å²) in [5.41, 5.74) is 0. The second-order valence-electron chi connectivity index (χ2n) is 3.04. The summed E-state index contributed by atoms with van der Waals surface area (Å²) in [5, 5.41) is 8.87. The second kappa shape index (κ2) is 4.21. The molecule has 0 unspecified atom stereocenters. The molecule has 0 saturated heterocycles. The van der Waals surface area contributed by atoms with Crippen molar-refractivity contribution in [2.45, 2.75) is 32.5 Å². The third kappa shape index (κ3) is 5.39. The molecule has 1 atom stereocenters. The highest BCUT2D eigenvalue weighted by Crippen LogP contribution is 2.41. The quantitative estimate of drug-likeness (QED) is 0.565. The molecule has 0 aliphatic heterocycles. The third-order valence-corrected chi connectivity index (χ3v) is 2.43. The monoisotopic (exact) mass is 182 g/mol. The van der Waals surface area contributed by atoms with E-state index in [0.717, 1.165) is 0 Å². The van der Waals surface area contributed by atoms with Crippen LogP contribution in [0.2, 0.25) is 0 Å². The largest absolute Gasteiger partial charge is 0.380 e. The van der Waals surface area contributed by atoms with Crippen molar-refractivity contribution in [3.8, 4) is 0 Å². The van der Waals surface area contributed by atoms with Crippen molar-refractivity contribution in [2.75, 3.05) is 0 Å². The molecule has 0 spiro atoms. The van der Waals surface area contributed by atoms with Crippen LogP contribution in [0.25, 0.3) is 0 Å². The summed E-state index contributed by atoms with van der Waals surface area (Å²) in [5.74, 6) is -1.12. The Kier molecular flexibility index (Phi) is 4.26. The maximum absolute atomic E-state index is 10.4. The van der Waals surface area contributed by atoms with Crippen LogP contribution in [-0.4, -0.2) is 20.7 Å². The van der Waals surface area contributed by atoms with Crippen molar-refractivity contribution in [3.05, 3.63) is 0 Å². The highest BCUT2D eigenvalue weighted by atomic mass is 31.2. The number of hydrogen-bond donors (Lipinski definition) is 3. The van der Waals surface area contributed by atoms with E-state index in [1.54, 1.807) is 0 Å². The van der Waals surface area contributed by atoms with Crippen LogP contribution in [0, 0.1) is 5.92 Å². The van der Waals surface area contributed by atoms with Gasteiger partial charge in [-0.15, -0.1) is 0 Å². The van der Waals surface area contributed by atoms with Crippen LogP contribution >= 0.6 is 7.60 Å². The van der Waals surface area contributed by atoms with E-state index in [4.69, 9.17) is 14.9 Å². The van der Waals surface area contributed by atoms with Gasteiger partial charge in [0, 0.05) is 0 Å². The van der Waals surface area contributed by atoms with Crippen LogP contribution in [0.3, 0.4) is 0 Å². The minimum Gasteiger partial charge on any atom is -0.380 e. The lowest BCUT2D eigenvalue weighted by Crippen LogP contribution is -2.07. The Hall–Kier alpha value is 0.110. The highest BCUT2D eigenvalue weighted by molar-refractivity contribution is 7.52. The summed E-state index contributed by atoms with van der Waals surface area (Å²) >= 11 is 0. The second-order valence-corrected chi connectivity index (χ2v) is 4.82. The average Bonchev–Trinajstić information content (AvgIpc) is 1.80. The zero-order valence-corrected chi connectivity index (χ0v) is 7.66. The van der Waals surface area contributed by atoms with Gasteiger partial charge in [0.15, 0.2) is 5.85 Å². The van der Waals surface area contributed by atoms with Crippen molar-refractivity contribution in [3.63, 3.8) is 0 Å². The summed E-state index contributed by atoms with van der Waals surface area (Å²) in [6, 6.07) is 0. The van der Waals surface area contributed by atoms with E-state index in [2.05, 4.69) is 0 Å². The first kappa shape index (κ1) is 11.1. The minimum atomic E-state index is -4.26. The molecule has 0 fully saturated rings. The molecular formula is C6H15O4P. The molecule has 4 nitrogen and oxygen atoms in total. The normalized spacial score (nSPS) is 15.5. The van der Waals surface area contributed by atoms with E-state index in [-0.39, 0.29) is 6.42 Å². The lowest BCUT2D eigenvalue weighted by molar-refractivity contribution is 0.187. The van der Waals surface area contributed by atoms with Gasteiger partial charge in [-0.3, -0.25) is 4.57 Å². The van der Waals surface area contributed by atoms with E-state index in [1.807, 2.05) is 13.8 Å². The summed E-state index contributed by atoms with van der Waals surface area (Å²) in [6.07, 6.45) is 0.800. The molecule has 5 heteroatoms. The molecular weight excluding hydrogens is 167 g/mol. The van der Waals surface area contributed by atoms with Crippen LogP contribution in [0.1, 0.15) is 26.7 Å². The molecule has 0 aromatic heterocycles. The highest BCUT2D eigenvalue weighted by Gasteiger charge is 2.25. The molecule has 0 aliphatic rings. The van der Waals surface area contributed by atoms with Crippen LogP contribution < -0.4 is 0 Å². The van der Waals surface area contributed by atoms with E-state index < -0.39 is 13.4 Å². The number of rotatable bonds is 4. The van der Waals surface area contributed by atoms with Crippen molar-refractivity contribution in [1.82, 2.24) is 0 Å². The Morgan fingerprint density at radius 2 is 1.73 bits per heavy atom. The summed E-state index contributed by atoms with van der Waals surface area (Å²) < 4.78 is 10.4. The van der Waals surface area contributed by atoms with Gasteiger partial charge in [-0.25, -0.2) is 0 Å². The van der Waals surface area contributed by atoms with Gasteiger partial charge in [-0.05, 0) is 18.8 Å². The SMILES string of the molecule is CC(C)CC[C@@H](O)P(=O)(O)O. The first-order valence-electron chi connectivity index (χ1n) is 3.57. The Bertz CT molecular complexity index is 151. The Morgan fingerprint density at radius 3 is 2.00 bits per heavy atom.